The number of rotatable bonds is 4. The molecule has 0 aliphatic rings. The van der Waals surface area contributed by atoms with E-state index in [2.05, 4.69) is 37.2 Å². The molecule has 1 rings (SSSR count). The molecule has 0 bridgehead atoms. The molecule has 0 amide bonds. The summed E-state index contributed by atoms with van der Waals surface area (Å²) in [6, 6.07) is 5.60. The van der Waals surface area contributed by atoms with Crippen LogP contribution in [0.5, 0.6) is 0 Å². The van der Waals surface area contributed by atoms with Gasteiger partial charge in [0.25, 0.3) is 0 Å². The molecule has 1 unspecified atom stereocenters. The molecule has 0 fully saturated rings. The molecule has 0 heterocycles. The van der Waals surface area contributed by atoms with Gasteiger partial charge in [-0.2, -0.15) is 0 Å². The molecule has 3 nitrogen and oxygen atoms in total. The molecule has 1 N–H and O–H groups in total. The predicted molar refractivity (Wildman–Crippen MR) is 74.6 cm³/mol. The molecular weight excluding hydrogens is 358 g/mol. The third-order valence-corrected chi connectivity index (χ3v) is 4.17. The Morgan fingerprint density at radius 1 is 1.38 bits per heavy atom. The van der Waals surface area contributed by atoms with Crippen LogP contribution < -0.4 is 5.32 Å². The third-order valence-electron chi connectivity index (χ3n) is 1.88. The summed E-state index contributed by atoms with van der Waals surface area (Å²) in [6.45, 7) is 1.84. The quantitative estimate of drug-likeness (QED) is 0.885. The van der Waals surface area contributed by atoms with E-state index in [1.54, 1.807) is 0 Å². The fraction of sp³-hybridized carbons (Fsp3) is 0.400. The van der Waals surface area contributed by atoms with Crippen molar-refractivity contribution in [1.82, 2.24) is 0 Å². The van der Waals surface area contributed by atoms with Crippen LogP contribution in [0.3, 0.4) is 0 Å². The van der Waals surface area contributed by atoms with Gasteiger partial charge in [-0.1, -0.05) is 15.9 Å². The van der Waals surface area contributed by atoms with Gasteiger partial charge in [-0.3, -0.25) is 0 Å². The van der Waals surface area contributed by atoms with Gasteiger partial charge in [0.1, 0.15) is 9.84 Å². The minimum Gasteiger partial charge on any atom is -0.381 e. The third kappa shape index (κ3) is 4.84. The smallest absolute Gasteiger partial charge is 0.149 e. The number of anilines is 1. The summed E-state index contributed by atoms with van der Waals surface area (Å²) in [7, 11) is -2.96. The largest absolute Gasteiger partial charge is 0.381 e. The van der Waals surface area contributed by atoms with Crippen molar-refractivity contribution in [3.8, 4) is 0 Å². The van der Waals surface area contributed by atoms with Crippen LogP contribution in [0.1, 0.15) is 6.92 Å². The Balaban J connectivity index is 2.77. The molecule has 0 saturated carbocycles. The molecule has 16 heavy (non-hydrogen) atoms. The molecule has 0 saturated heterocycles. The fourth-order valence-electron chi connectivity index (χ4n) is 1.37. The van der Waals surface area contributed by atoms with Gasteiger partial charge < -0.3 is 5.32 Å². The zero-order valence-corrected chi connectivity index (χ0v) is 13.0. The van der Waals surface area contributed by atoms with Crippen molar-refractivity contribution < 1.29 is 8.42 Å². The van der Waals surface area contributed by atoms with E-state index < -0.39 is 9.84 Å². The highest BCUT2D eigenvalue weighted by Gasteiger charge is 2.11. The standard InChI is InChI=1S/C10H13Br2NO2S/c1-7(6-16(2,14)15)13-10-5-8(11)3-4-9(10)12/h3-5,7,13H,6H2,1-2H3. The van der Waals surface area contributed by atoms with Gasteiger partial charge in [-0.05, 0) is 41.1 Å². The average molecular weight is 371 g/mol. The lowest BCUT2D eigenvalue weighted by molar-refractivity contribution is 0.598. The molecule has 0 radical (unpaired) electrons. The molecule has 90 valence electrons. The maximum Gasteiger partial charge on any atom is 0.149 e. The minimum absolute atomic E-state index is 0.117. The van der Waals surface area contributed by atoms with Gasteiger partial charge in [-0.15, -0.1) is 0 Å². The van der Waals surface area contributed by atoms with Gasteiger partial charge >= 0.3 is 0 Å². The lowest BCUT2D eigenvalue weighted by atomic mass is 10.3. The first-order chi connectivity index (χ1) is 7.28. The van der Waals surface area contributed by atoms with E-state index in [1.807, 2.05) is 25.1 Å². The summed E-state index contributed by atoms with van der Waals surface area (Å²) in [5.41, 5.74) is 0.880. The number of hydrogen-bond acceptors (Lipinski definition) is 3. The van der Waals surface area contributed by atoms with Crippen molar-refractivity contribution in [2.24, 2.45) is 0 Å². The summed E-state index contributed by atoms with van der Waals surface area (Å²) >= 11 is 6.77. The van der Waals surface area contributed by atoms with E-state index >= 15 is 0 Å². The molecule has 0 spiro atoms. The topological polar surface area (TPSA) is 46.2 Å². The highest BCUT2D eigenvalue weighted by Crippen LogP contribution is 2.26. The number of hydrogen-bond donors (Lipinski definition) is 1. The summed E-state index contributed by atoms with van der Waals surface area (Å²) in [4.78, 5) is 0. The normalized spacial score (nSPS) is 13.5. The molecule has 0 aliphatic heterocycles. The number of sulfone groups is 1. The zero-order valence-electron chi connectivity index (χ0n) is 9.00. The second kappa shape index (κ2) is 5.51. The van der Waals surface area contributed by atoms with Gasteiger partial charge in [0.05, 0.1) is 5.75 Å². The number of halogens is 2. The summed E-state index contributed by atoms with van der Waals surface area (Å²) < 4.78 is 24.1. The van der Waals surface area contributed by atoms with Crippen molar-refractivity contribution >= 4 is 47.4 Å². The van der Waals surface area contributed by atoms with Gasteiger partial charge in [0.15, 0.2) is 0 Å². The van der Waals surface area contributed by atoms with Crippen LogP contribution in [0, 0.1) is 0 Å². The van der Waals surface area contributed by atoms with Crippen LogP contribution in [-0.2, 0) is 9.84 Å². The van der Waals surface area contributed by atoms with E-state index in [0.717, 1.165) is 14.6 Å². The first-order valence-corrected chi connectivity index (χ1v) is 8.32. The monoisotopic (exact) mass is 369 g/mol. The maximum absolute atomic E-state index is 11.1. The zero-order chi connectivity index (χ0) is 12.3. The molecule has 1 atom stereocenters. The first kappa shape index (κ1) is 14.0. The molecule has 1 aromatic rings. The molecule has 0 aromatic heterocycles. The Morgan fingerprint density at radius 3 is 2.56 bits per heavy atom. The lowest BCUT2D eigenvalue weighted by Gasteiger charge is -2.15. The van der Waals surface area contributed by atoms with Crippen molar-refractivity contribution in [2.45, 2.75) is 13.0 Å². The van der Waals surface area contributed by atoms with E-state index in [0.29, 0.717) is 0 Å². The van der Waals surface area contributed by atoms with Gasteiger partial charge in [-0.25, -0.2) is 8.42 Å². The summed E-state index contributed by atoms with van der Waals surface area (Å²) in [5, 5.41) is 3.15. The lowest BCUT2D eigenvalue weighted by Crippen LogP contribution is -2.25. The molecule has 0 aliphatic carbocycles. The van der Waals surface area contributed by atoms with Crippen LogP contribution >= 0.6 is 31.9 Å². The van der Waals surface area contributed by atoms with Crippen LogP contribution in [0.4, 0.5) is 5.69 Å². The Kier molecular flexibility index (Phi) is 4.82. The minimum atomic E-state index is -2.96. The van der Waals surface area contributed by atoms with E-state index in [4.69, 9.17) is 0 Å². The number of nitrogens with one attached hydrogen (secondary N) is 1. The fourth-order valence-corrected chi connectivity index (χ4v) is 3.08. The first-order valence-electron chi connectivity index (χ1n) is 4.67. The maximum atomic E-state index is 11.1. The average Bonchev–Trinajstić information content (AvgIpc) is 2.08. The van der Waals surface area contributed by atoms with Gasteiger partial charge in [0.2, 0.25) is 0 Å². The van der Waals surface area contributed by atoms with Crippen LogP contribution in [0.15, 0.2) is 27.1 Å². The molecule has 1 aromatic carbocycles. The van der Waals surface area contributed by atoms with Gasteiger partial charge in [0, 0.05) is 26.9 Å². The molecule has 6 heteroatoms. The SMILES string of the molecule is CC(CS(C)(=O)=O)Nc1cc(Br)ccc1Br. The Bertz CT molecular complexity index is 474. The Morgan fingerprint density at radius 2 is 2.00 bits per heavy atom. The second-order valence-corrected chi connectivity index (χ2v) is 7.72. The van der Waals surface area contributed by atoms with Crippen molar-refractivity contribution in [1.29, 1.82) is 0 Å². The summed E-state index contributed by atoms with van der Waals surface area (Å²) in [6.07, 6.45) is 1.24. The van der Waals surface area contributed by atoms with Crippen LogP contribution in [0.25, 0.3) is 0 Å². The van der Waals surface area contributed by atoms with Crippen LogP contribution in [0.2, 0.25) is 0 Å². The van der Waals surface area contributed by atoms with Crippen LogP contribution in [-0.4, -0.2) is 26.5 Å². The van der Waals surface area contributed by atoms with Crippen molar-refractivity contribution in [2.75, 3.05) is 17.3 Å². The highest BCUT2D eigenvalue weighted by atomic mass is 79.9. The predicted octanol–water partition coefficient (Wildman–Crippen LogP) is 3.06. The highest BCUT2D eigenvalue weighted by molar-refractivity contribution is 9.11. The van der Waals surface area contributed by atoms with E-state index in [-0.39, 0.29) is 11.8 Å². The Labute approximate surface area is 113 Å². The number of benzene rings is 1. The van der Waals surface area contributed by atoms with Crippen molar-refractivity contribution in [3.63, 3.8) is 0 Å². The summed E-state index contributed by atoms with van der Waals surface area (Å²) in [5.74, 6) is 0.117. The second-order valence-electron chi connectivity index (χ2n) is 3.76. The molecular formula is C10H13Br2NO2S. The van der Waals surface area contributed by atoms with E-state index in [9.17, 15) is 8.42 Å². The van der Waals surface area contributed by atoms with Crippen molar-refractivity contribution in [3.05, 3.63) is 27.1 Å². The van der Waals surface area contributed by atoms with E-state index in [1.165, 1.54) is 6.26 Å². The Hall–Kier alpha value is -0.0700.